The lowest BCUT2D eigenvalue weighted by Crippen LogP contribution is -2.11. The van der Waals surface area contributed by atoms with Gasteiger partial charge in [0.2, 0.25) is 5.91 Å². The first kappa shape index (κ1) is 7.53. The molecule has 0 bridgehead atoms. The van der Waals surface area contributed by atoms with E-state index in [-0.39, 0.29) is 11.3 Å². The summed E-state index contributed by atoms with van der Waals surface area (Å²) in [6.45, 7) is 0. The molecule has 0 aliphatic carbocycles. The molecule has 0 saturated heterocycles. The molecule has 0 fully saturated rings. The van der Waals surface area contributed by atoms with Crippen molar-refractivity contribution in [2.45, 2.75) is 0 Å². The van der Waals surface area contributed by atoms with Gasteiger partial charge in [-0.25, -0.2) is 4.39 Å². The first-order chi connectivity index (χ1) is 5.09. The van der Waals surface area contributed by atoms with Gasteiger partial charge in [0.25, 0.3) is 0 Å². The highest BCUT2D eigenvalue weighted by Crippen LogP contribution is 2.09. The fraction of sp³-hybridized carbons (Fsp3) is 0. The van der Waals surface area contributed by atoms with E-state index in [9.17, 15) is 9.18 Å². The Bertz CT molecular complexity index is 278. The van der Waals surface area contributed by atoms with Crippen LogP contribution in [0.2, 0.25) is 0 Å². The molecule has 0 radical (unpaired) electrons. The average molecular weight is 154 g/mol. The monoisotopic (exact) mass is 154 g/mol. The second-order valence-electron chi connectivity index (χ2n) is 2.14. The minimum atomic E-state index is -0.684. The van der Waals surface area contributed by atoms with Gasteiger partial charge in [-0.3, -0.25) is 4.79 Å². The molecule has 58 valence electrons. The molecule has 0 atom stereocenters. The Morgan fingerprint density at radius 3 is 2.45 bits per heavy atom. The van der Waals surface area contributed by atoms with Gasteiger partial charge in [-0.15, -0.1) is 0 Å². The Morgan fingerprint density at radius 2 is 2.00 bits per heavy atom. The van der Waals surface area contributed by atoms with E-state index in [1.165, 1.54) is 6.07 Å². The molecule has 0 unspecified atom stereocenters. The van der Waals surface area contributed by atoms with Gasteiger partial charge in [-0.2, -0.15) is 0 Å². The van der Waals surface area contributed by atoms with E-state index in [0.29, 0.717) is 0 Å². The minimum Gasteiger partial charge on any atom is -0.399 e. The largest absolute Gasteiger partial charge is 0.399 e. The zero-order chi connectivity index (χ0) is 8.43. The van der Waals surface area contributed by atoms with Crippen LogP contribution in [0.4, 0.5) is 10.1 Å². The molecular formula is C7H7FN2O. The predicted molar refractivity (Wildman–Crippen MR) is 39.3 cm³/mol. The molecule has 0 saturated carbocycles. The second-order valence-corrected chi connectivity index (χ2v) is 2.14. The van der Waals surface area contributed by atoms with Crippen LogP contribution in [-0.4, -0.2) is 5.91 Å². The molecule has 3 nitrogen and oxygen atoms in total. The van der Waals surface area contributed by atoms with Gasteiger partial charge < -0.3 is 11.5 Å². The Balaban J connectivity index is 3.19. The average Bonchev–Trinajstić information content (AvgIpc) is 1.85. The topological polar surface area (TPSA) is 69.1 Å². The number of hydrogen-bond acceptors (Lipinski definition) is 2. The molecule has 4 N–H and O–H groups in total. The van der Waals surface area contributed by atoms with Crippen LogP contribution in [0.15, 0.2) is 18.2 Å². The first-order valence-corrected chi connectivity index (χ1v) is 2.95. The Morgan fingerprint density at radius 1 is 1.36 bits per heavy atom. The van der Waals surface area contributed by atoms with Gasteiger partial charge in [0.15, 0.2) is 0 Å². The quantitative estimate of drug-likeness (QED) is 0.578. The van der Waals surface area contributed by atoms with Crippen molar-refractivity contribution < 1.29 is 9.18 Å². The molecule has 0 heterocycles. The molecule has 0 spiro atoms. The highest BCUT2D eigenvalue weighted by molar-refractivity contribution is 5.93. The first-order valence-electron chi connectivity index (χ1n) is 2.95. The lowest BCUT2D eigenvalue weighted by Gasteiger charge is -1.97. The van der Waals surface area contributed by atoms with Gasteiger partial charge >= 0.3 is 0 Å². The van der Waals surface area contributed by atoms with E-state index < -0.39 is 11.7 Å². The van der Waals surface area contributed by atoms with Crippen molar-refractivity contribution >= 4 is 11.6 Å². The maximum absolute atomic E-state index is 12.5. The maximum atomic E-state index is 12.5. The van der Waals surface area contributed by atoms with E-state index >= 15 is 0 Å². The third-order valence-electron chi connectivity index (χ3n) is 1.20. The van der Waals surface area contributed by atoms with E-state index in [2.05, 4.69) is 0 Å². The minimum absolute atomic E-state index is 0.0856. The fourth-order valence-electron chi connectivity index (χ4n) is 0.755. The van der Waals surface area contributed by atoms with Crippen LogP contribution in [0, 0.1) is 5.82 Å². The van der Waals surface area contributed by atoms with Crippen molar-refractivity contribution in [1.29, 1.82) is 0 Å². The number of rotatable bonds is 1. The molecule has 0 aromatic heterocycles. The van der Waals surface area contributed by atoms with E-state index in [4.69, 9.17) is 11.5 Å². The number of primary amides is 1. The molecular weight excluding hydrogens is 147 g/mol. The number of hydrogen-bond donors (Lipinski definition) is 2. The van der Waals surface area contributed by atoms with Crippen LogP contribution in [0.5, 0.6) is 0 Å². The van der Waals surface area contributed by atoms with Gasteiger partial charge in [0.1, 0.15) is 5.82 Å². The van der Waals surface area contributed by atoms with Crippen molar-refractivity contribution in [3.8, 4) is 0 Å². The summed E-state index contributed by atoms with van der Waals surface area (Å²) in [4.78, 5) is 10.5. The lowest BCUT2D eigenvalue weighted by molar-refractivity contribution is 0.1000. The van der Waals surface area contributed by atoms with Gasteiger partial charge in [0.05, 0.1) is 0 Å². The molecule has 1 aromatic rings. The van der Waals surface area contributed by atoms with Crippen LogP contribution < -0.4 is 11.5 Å². The normalized spacial score (nSPS) is 9.55. The van der Waals surface area contributed by atoms with E-state index in [0.717, 1.165) is 12.1 Å². The van der Waals surface area contributed by atoms with E-state index in [1.807, 2.05) is 0 Å². The Labute approximate surface area is 62.8 Å². The number of carbonyl (C=O) groups is 1. The zero-order valence-electron chi connectivity index (χ0n) is 5.67. The van der Waals surface area contributed by atoms with Crippen LogP contribution in [0.25, 0.3) is 0 Å². The summed E-state index contributed by atoms with van der Waals surface area (Å²) in [6, 6.07) is 3.48. The smallest absolute Gasteiger partial charge is 0.248 e. The summed E-state index contributed by atoms with van der Waals surface area (Å²) in [6.07, 6.45) is 0. The number of nitrogens with two attached hydrogens (primary N) is 2. The van der Waals surface area contributed by atoms with Crippen LogP contribution >= 0.6 is 0 Å². The number of amides is 1. The summed E-state index contributed by atoms with van der Waals surface area (Å²) in [5.41, 5.74) is 10.4. The molecule has 0 aliphatic heterocycles. The van der Waals surface area contributed by atoms with Crippen LogP contribution in [-0.2, 0) is 0 Å². The summed E-state index contributed by atoms with van der Waals surface area (Å²) in [5, 5.41) is 0. The van der Waals surface area contributed by atoms with Crippen molar-refractivity contribution in [2.75, 3.05) is 5.73 Å². The Hall–Kier alpha value is -1.58. The number of anilines is 1. The Kier molecular flexibility index (Phi) is 1.76. The molecule has 0 aliphatic rings. The predicted octanol–water partition coefficient (Wildman–Crippen LogP) is 0.507. The highest BCUT2D eigenvalue weighted by Gasteiger charge is 2.02. The molecule has 1 aromatic carbocycles. The maximum Gasteiger partial charge on any atom is 0.248 e. The molecule has 4 heteroatoms. The summed E-state index contributed by atoms with van der Waals surface area (Å²) in [5.74, 6) is -1.24. The lowest BCUT2D eigenvalue weighted by atomic mass is 10.2. The van der Waals surface area contributed by atoms with Crippen molar-refractivity contribution in [3.63, 3.8) is 0 Å². The van der Waals surface area contributed by atoms with Gasteiger partial charge in [-0.05, 0) is 18.2 Å². The second kappa shape index (κ2) is 2.57. The molecule has 1 rings (SSSR count). The third-order valence-corrected chi connectivity index (χ3v) is 1.20. The summed E-state index contributed by atoms with van der Waals surface area (Å²) < 4.78 is 12.5. The van der Waals surface area contributed by atoms with Gasteiger partial charge in [-0.1, -0.05) is 0 Å². The summed E-state index contributed by atoms with van der Waals surface area (Å²) in [7, 11) is 0. The molecule has 1 amide bonds. The summed E-state index contributed by atoms with van der Waals surface area (Å²) >= 11 is 0. The zero-order valence-corrected chi connectivity index (χ0v) is 5.67. The molecule has 11 heavy (non-hydrogen) atoms. The highest BCUT2D eigenvalue weighted by atomic mass is 19.1. The van der Waals surface area contributed by atoms with Crippen molar-refractivity contribution in [2.24, 2.45) is 5.73 Å². The SMILES string of the molecule is NC(=O)c1cc(N)cc(F)c1. The van der Waals surface area contributed by atoms with E-state index in [1.54, 1.807) is 0 Å². The number of benzene rings is 1. The number of carbonyl (C=O) groups excluding carboxylic acids is 1. The number of nitrogen functional groups attached to an aromatic ring is 1. The fourth-order valence-corrected chi connectivity index (χ4v) is 0.755. The van der Waals surface area contributed by atoms with Crippen molar-refractivity contribution in [3.05, 3.63) is 29.6 Å². The third kappa shape index (κ3) is 1.67. The van der Waals surface area contributed by atoms with Gasteiger partial charge in [0, 0.05) is 11.3 Å². The number of halogens is 1. The van der Waals surface area contributed by atoms with Crippen LogP contribution in [0.3, 0.4) is 0 Å². The van der Waals surface area contributed by atoms with Crippen LogP contribution in [0.1, 0.15) is 10.4 Å². The van der Waals surface area contributed by atoms with Crippen molar-refractivity contribution in [1.82, 2.24) is 0 Å². The standard InChI is InChI=1S/C7H7FN2O/c8-5-1-4(7(10)11)2-6(9)3-5/h1-3H,9H2,(H2,10,11).